The molecular weight excluding hydrogens is 292 g/mol. The molecular formula is C11H12Cl2FN5. The van der Waals surface area contributed by atoms with Gasteiger partial charge in [0.05, 0.1) is 11.1 Å². The fourth-order valence-electron chi connectivity index (χ4n) is 1.76. The second-order valence-electron chi connectivity index (χ2n) is 4.17. The molecule has 0 fully saturated rings. The minimum Gasteiger partial charge on any atom is -0.301 e. The van der Waals surface area contributed by atoms with E-state index in [9.17, 15) is 4.39 Å². The summed E-state index contributed by atoms with van der Waals surface area (Å²) in [6.45, 7) is 3.74. The normalized spacial score (nSPS) is 14.4. The molecule has 0 bridgehead atoms. The summed E-state index contributed by atoms with van der Waals surface area (Å²) in [5.41, 5.74) is 0.624. The Morgan fingerprint density at radius 2 is 1.95 bits per heavy atom. The number of benzene rings is 1. The Bertz CT molecular complexity index is 560. The minimum absolute atomic E-state index is 0.00664. The van der Waals surface area contributed by atoms with Crippen molar-refractivity contribution in [2.45, 2.75) is 25.9 Å². The first-order valence-corrected chi connectivity index (χ1v) is 6.38. The van der Waals surface area contributed by atoms with E-state index in [1.165, 1.54) is 12.1 Å². The van der Waals surface area contributed by atoms with Gasteiger partial charge in [-0.3, -0.25) is 0 Å². The summed E-state index contributed by atoms with van der Waals surface area (Å²) < 4.78 is 13.5. The van der Waals surface area contributed by atoms with Gasteiger partial charge in [0.1, 0.15) is 5.82 Å². The van der Waals surface area contributed by atoms with Crippen LogP contribution >= 0.6 is 23.2 Å². The van der Waals surface area contributed by atoms with Crippen LogP contribution < -0.4 is 5.32 Å². The molecule has 0 saturated heterocycles. The second kappa shape index (κ2) is 5.81. The lowest BCUT2D eigenvalue weighted by Gasteiger charge is -2.19. The first-order chi connectivity index (χ1) is 8.99. The summed E-state index contributed by atoms with van der Waals surface area (Å²) in [5.74, 6) is 0.0272. The predicted octanol–water partition coefficient (Wildman–Crippen LogP) is 3.06. The number of tetrazole rings is 1. The van der Waals surface area contributed by atoms with Gasteiger partial charge in [-0.15, -0.1) is 10.2 Å². The van der Waals surface area contributed by atoms with Crippen molar-refractivity contribution in [3.63, 3.8) is 0 Å². The number of aromatic nitrogens is 4. The molecule has 2 rings (SSSR count). The number of hydrogen-bond donors (Lipinski definition) is 2. The third-order valence-electron chi connectivity index (χ3n) is 2.76. The van der Waals surface area contributed by atoms with Crippen LogP contribution in [0.5, 0.6) is 0 Å². The Labute approximate surface area is 119 Å². The molecule has 2 N–H and O–H groups in total. The van der Waals surface area contributed by atoms with Crippen LogP contribution in [-0.4, -0.2) is 20.6 Å². The first kappa shape index (κ1) is 14.2. The summed E-state index contributed by atoms with van der Waals surface area (Å²) in [5, 5.41) is 17.2. The summed E-state index contributed by atoms with van der Waals surface area (Å²) in [7, 11) is 0. The van der Waals surface area contributed by atoms with Crippen molar-refractivity contribution in [1.29, 1.82) is 0 Å². The molecule has 0 saturated carbocycles. The van der Waals surface area contributed by atoms with Crippen LogP contribution in [0.3, 0.4) is 0 Å². The second-order valence-corrected chi connectivity index (χ2v) is 4.98. The van der Waals surface area contributed by atoms with Crippen LogP contribution in [0.1, 0.15) is 37.3 Å². The van der Waals surface area contributed by atoms with Crippen molar-refractivity contribution < 1.29 is 4.39 Å². The monoisotopic (exact) mass is 303 g/mol. The molecule has 0 aliphatic carbocycles. The lowest BCUT2D eigenvalue weighted by Crippen LogP contribution is -2.23. The lowest BCUT2D eigenvalue weighted by molar-refractivity contribution is 0.475. The highest BCUT2D eigenvalue weighted by Gasteiger charge is 2.18. The molecule has 102 valence electrons. The molecule has 0 spiro atoms. The molecule has 0 aliphatic heterocycles. The van der Waals surface area contributed by atoms with E-state index in [1.807, 2.05) is 13.8 Å². The molecule has 2 atom stereocenters. The zero-order valence-electron chi connectivity index (χ0n) is 10.3. The van der Waals surface area contributed by atoms with Gasteiger partial charge in [-0.05, 0) is 31.5 Å². The van der Waals surface area contributed by atoms with Gasteiger partial charge in [-0.2, -0.15) is 5.21 Å². The Kier molecular flexibility index (Phi) is 4.34. The van der Waals surface area contributed by atoms with Gasteiger partial charge in [0, 0.05) is 11.1 Å². The van der Waals surface area contributed by atoms with Crippen molar-refractivity contribution in [2.75, 3.05) is 0 Å². The maximum absolute atomic E-state index is 13.5. The van der Waals surface area contributed by atoms with Crippen LogP contribution in [0.4, 0.5) is 4.39 Å². The molecule has 0 radical (unpaired) electrons. The van der Waals surface area contributed by atoms with Gasteiger partial charge in [-0.25, -0.2) is 4.39 Å². The number of rotatable bonds is 4. The third kappa shape index (κ3) is 3.20. The molecule has 0 aliphatic rings. The van der Waals surface area contributed by atoms with Crippen molar-refractivity contribution >= 4 is 23.2 Å². The van der Waals surface area contributed by atoms with Gasteiger partial charge < -0.3 is 5.32 Å². The van der Waals surface area contributed by atoms with E-state index in [4.69, 9.17) is 23.2 Å². The standard InChI is InChI=1S/C11H12Cl2FN5/c1-5(15-6(2)11-16-18-19-17-11)7-3-10(14)9(13)4-8(7)12/h3-6,15H,1-2H3,(H,16,17,18,19). The highest BCUT2D eigenvalue weighted by atomic mass is 35.5. The molecule has 1 aromatic carbocycles. The number of hydrogen-bond acceptors (Lipinski definition) is 4. The van der Waals surface area contributed by atoms with Crippen molar-refractivity contribution in [2.24, 2.45) is 0 Å². The first-order valence-electron chi connectivity index (χ1n) is 5.63. The van der Waals surface area contributed by atoms with E-state index in [2.05, 4.69) is 25.9 Å². The van der Waals surface area contributed by atoms with Crippen LogP contribution in [0.15, 0.2) is 12.1 Å². The van der Waals surface area contributed by atoms with Crippen molar-refractivity contribution in [1.82, 2.24) is 25.9 Å². The van der Waals surface area contributed by atoms with Crippen LogP contribution in [0.2, 0.25) is 10.0 Å². The van der Waals surface area contributed by atoms with Crippen LogP contribution in [0, 0.1) is 5.82 Å². The van der Waals surface area contributed by atoms with E-state index in [1.54, 1.807) is 0 Å². The molecule has 1 heterocycles. The molecule has 8 heteroatoms. The Morgan fingerprint density at radius 1 is 1.21 bits per heavy atom. The lowest BCUT2D eigenvalue weighted by atomic mass is 10.1. The number of H-pyrrole nitrogens is 1. The fraction of sp³-hybridized carbons (Fsp3) is 0.364. The maximum Gasteiger partial charge on any atom is 0.191 e. The number of halogens is 3. The number of aromatic amines is 1. The largest absolute Gasteiger partial charge is 0.301 e. The average molecular weight is 304 g/mol. The Hall–Kier alpha value is -1.24. The molecule has 1 aromatic heterocycles. The molecule has 0 amide bonds. The summed E-state index contributed by atoms with van der Waals surface area (Å²) >= 11 is 11.7. The summed E-state index contributed by atoms with van der Waals surface area (Å²) in [4.78, 5) is 0. The fourth-order valence-corrected chi connectivity index (χ4v) is 2.31. The highest BCUT2D eigenvalue weighted by Crippen LogP contribution is 2.29. The van der Waals surface area contributed by atoms with Crippen LogP contribution in [0.25, 0.3) is 0 Å². The van der Waals surface area contributed by atoms with Crippen molar-refractivity contribution in [3.8, 4) is 0 Å². The zero-order valence-corrected chi connectivity index (χ0v) is 11.8. The van der Waals surface area contributed by atoms with E-state index in [0.29, 0.717) is 16.4 Å². The van der Waals surface area contributed by atoms with Gasteiger partial charge in [0.15, 0.2) is 5.82 Å². The molecule has 19 heavy (non-hydrogen) atoms. The van der Waals surface area contributed by atoms with Gasteiger partial charge in [-0.1, -0.05) is 28.4 Å². The van der Waals surface area contributed by atoms with Gasteiger partial charge >= 0.3 is 0 Å². The van der Waals surface area contributed by atoms with Crippen LogP contribution in [-0.2, 0) is 0 Å². The predicted molar refractivity (Wildman–Crippen MR) is 70.6 cm³/mol. The smallest absolute Gasteiger partial charge is 0.191 e. The Balaban J connectivity index is 2.16. The minimum atomic E-state index is -0.498. The van der Waals surface area contributed by atoms with E-state index in [0.717, 1.165) is 0 Å². The van der Waals surface area contributed by atoms with Gasteiger partial charge in [0.2, 0.25) is 0 Å². The topological polar surface area (TPSA) is 66.5 Å². The summed E-state index contributed by atoms with van der Waals surface area (Å²) in [6, 6.07) is 2.38. The molecule has 2 aromatic rings. The van der Waals surface area contributed by atoms with E-state index < -0.39 is 5.82 Å². The maximum atomic E-state index is 13.5. The quantitative estimate of drug-likeness (QED) is 0.852. The molecule has 5 nitrogen and oxygen atoms in total. The average Bonchev–Trinajstić information content (AvgIpc) is 2.87. The number of nitrogens with one attached hydrogen (secondary N) is 2. The molecule has 2 unspecified atom stereocenters. The third-order valence-corrected chi connectivity index (χ3v) is 3.37. The SMILES string of the molecule is CC(NC(C)c1cc(F)c(Cl)cc1Cl)c1nn[nH]n1. The van der Waals surface area contributed by atoms with E-state index >= 15 is 0 Å². The number of nitrogens with zero attached hydrogens (tertiary/aromatic N) is 3. The van der Waals surface area contributed by atoms with Crippen molar-refractivity contribution in [3.05, 3.63) is 39.4 Å². The zero-order chi connectivity index (χ0) is 14.0. The summed E-state index contributed by atoms with van der Waals surface area (Å²) in [6.07, 6.45) is 0. The Morgan fingerprint density at radius 3 is 2.58 bits per heavy atom. The van der Waals surface area contributed by atoms with Gasteiger partial charge in [0.25, 0.3) is 0 Å². The highest BCUT2D eigenvalue weighted by molar-refractivity contribution is 6.35. The van der Waals surface area contributed by atoms with E-state index in [-0.39, 0.29) is 17.1 Å².